The fourth-order valence-electron chi connectivity index (χ4n) is 3.20. The Morgan fingerprint density at radius 2 is 1.68 bits per heavy atom. The van der Waals surface area contributed by atoms with E-state index < -0.39 is 0 Å². The average molecular weight is 318 g/mol. The molecule has 0 amide bonds. The number of phenols is 1. The lowest BCUT2D eigenvalue weighted by Gasteiger charge is -2.23. The van der Waals surface area contributed by atoms with Gasteiger partial charge < -0.3 is 10.4 Å². The van der Waals surface area contributed by atoms with Crippen molar-refractivity contribution in [1.29, 1.82) is 0 Å². The van der Waals surface area contributed by atoms with Gasteiger partial charge in [0.1, 0.15) is 5.75 Å². The highest BCUT2D eigenvalue weighted by Crippen LogP contribution is 2.32. The van der Waals surface area contributed by atoms with E-state index in [0.29, 0.717) is 11.8 Å². The van der Waals surface area contributed by atoms with Crippen LogP contribution in [0.2, 0.25) is 0 Å². The number of aromatic hydroxyl groups is 1. The van der Waals surface area contributed by atoms with E-state index in [0.717, 1.165) is 24.1 Å². The lowest BCUT2D eigenvalue weighted by molar-refractivity contribution is 0.383. The van der Waals surface area contributed by atoms with Gasteiger partial charge in [-0.25, -0.2) is 0 Å². The number of piperidine rings is 1. The third-order valence-corrected chi connectivity index (χ3v) is 4.39. The van der Waals surface area contributed by atoms with E-state index in [4.69, 9.17) is 0 Å². The molecule has 1 heterocycles. The van der Waals surface area contributed by atoms with Crippen molar-refractivity contribution in [3.63, 3.8) is 0 Å². The minimum Gasteiger partial charge on any atom is -0.507 e. The van der Waals surface area contributed by atoms with Crippen LogP contribution < -0.4 is 5.32 Å². The molecule has 118 valence electrons. The third-order valence-electron chi connectivity index (χ3n) is 4.39. The zero-order chi connectivity index (χ0) is 14.5. The second-order valence-corrected chi connectivity index (χ2v) is 5.86. The molecule has 2 aromatic rings. The van der Waals surface area contributed by atoms with Crippen LogP contribution in [-0.2, 0) is 6.42 Å². The number of phenolic OH excluding ortho intramolecular Hbond substituents is 1. The SMILES string of the molecule is Cl.Oc1ccccc1-c1ccccc1CCC1CCCCN1. The molecule has 2 N–H and O–H groups in total. The van der Waals surface area contributed by atoms with Gasteiger partial charge in [0.15, 0.2) is 0 Å². The molecule has 22 heavy (non-hydrogen) atoms. The van der Waals surface area contributed by atoms with Crippen LogP contribution in [-0.4, -0.2) is 17.7 Å². The van der Waals surface area contributed by atoms with Crippen LogP contribution in [0.1, 0.15) is 31.2 Å². The van der Waals surface area contributed by atoms with Gasteiger partial charge in [-0.15, -0.1) is 12.4 Å². The van der Waals surface area contributed by atoms with Crippen LogP contribution >= 0.6 is 12.4 Å². The number of halogens is 1. The molecular formula is C19H24ClNO. The summed E-state index contributed by atoms with van der Waals surface area (Å²) < 4.78 is 0. The standard InChI is InChI=1S/C19H23NO.ClH/c21-19-11-4-3-10-18(19)17-9-2-1-7-15(17)12-13-16-8-5-6-14-20-16;/h1-4,7,9-11,16,20-21H,5-6,8,12-14H2;1H. The largest absolute Gasteiger partial charge is 0.507 e. The predicted molar refractivity (Wildman–Crippen MR) is 94.8 cm³/mol. The fraction of sp³-hybridized carbons (Fsp3) is 0.368. The van der Waals surface area contributed by atoms with Gasteiger partial charge >= 0.3 is 0 Å². The lowest BCUT2D eigenvalue weighted by Crippen LogP contribution is -2.34. The summed E-state index contributed by atoms with van der Waals surface area (Å²) in [6, 6.07) is 16.7. The Hall–Kier alpha value is -1.51. The molecule has 0 radical (unpaired) electrons. The molecule has 1 aliphatic rings. The van der Waals surface area contributed by atoms with Crippen LogP contribution in [0.25, 0.3) is 11.1 Å². The maximum atomic E-state index is 10.1. The van der Waals surface area contributed by atoms with Crippen LogP contribution in [0.5, 0.6) is 5.75 Å². The molecule has 0 aliphatic carbocycles. The summed E-state index contributed by atoms with van der Waals surface area (Å²) in [7, 11) is 0. The zero-order valence-electron chi connectivity index (χ0n) is 12.8. The Labute approximate surface area is 139 Å². The number of hydrogen-bond donors (Lipinski definition) is 2. The van der Waals surface area contributed by atoms with Crippen molar-refractivity contribution in [3.05, 3.63) is 54.1 Å². The van der Waals surface area contributed by atoms with E-state index in [1.54, 1.807) is 6.07 Å². The molecule has 1 unspecified atom stereocenters. The molecule has 2 aromatic carbocycles. The fourth-order valence-corrected chi connectivity index (χ4v) is 3.20. The second-order valence-electron chi connectivity index (χ2n) is 5.86. The normalized spacial score (nSPS) is 17.7. The Morgan fingerprint density at radius 3 is 2.41 bits per heavy atom. The van der Waals surface area contributed by atoms with Gasteiger partial charge in [0.05, 0.1) is 0 Å². The zero-order valence-corrected chi connectivity index (χ0v) is 13.6. The van der Waals surface area contributed by atoms with Crippen LogP contribution in [0.3, 0.4) is 0 Å². The van der Waals surface area contributed by atoms with Crippen LogP contribution in [0, 0.1) is 0 Å². The van der Waals surface area contributed by atoms with Gasteiger partial charge in [-0.2, -0.15) is 0 Å². The molecule has 0 bridgehead atoms. The Bertz CT molecular complexity index is 593. The molecule has 3 rings (SSSR count). The summed E-state index contributed by atoms with van der Waals surface area (Å²) in [5, 5.41) is 13.7. The van der Waals surface area contributed by atoms with E-state index in [2.05, 4.69) is 23.5 Å². The molecule has 1 saturated heterocycles. The minimum atomic E-state index is 0. The molecule has 1 fully saturated rings. The minimum absolute atomic E-state index is 0. The topological polar surface area (TPSA) is 32.3 Å². The second kappa shape index (κ2) is 8.21. The van der Waals surface area contributed by atoms with E-state index >= 15 is 0 Å². The van der Waals surface area contributed by atoms with Gasteiger partial charge in [-0.3, -0.25) is 0 Å². The van der Waals surface area contributed by atoms with Gasteiger partial charge in [-0.1, -0.05) is 48.9 Å². The molecular weight excluding hydrogens is 294 g/mol. The summed E-state index contributed by atoms with van der Waals surface area (Å²) in [6.07, 6.45) is 6.18. The lowest BCUT2D eigenvalue weighted by atomic mass is 9.93. The summed E-state index contributed by atoms with van der Waals surface area (Å²) in [6.45, 7) is 1.16. The summed E-state index contributed by atoms with van der Waals surface area (Å²) in [4.78, 5) is 0. The molecule has 0 aromatic heterocycles. The quantitative estimate of drug-likeness (QED) is 0.866. The number of hydrogen-bond acceptors (Lipinski definition) is 2. The van der Waals surface area contributed by atoms with Crippen molar-refractivity contribution in [3.8, 4) is 16.9 Å². The average Bonchev–Trinajstić information content (AvgIpc) is 2.55. The van der Waals surface area contributed by atoms with Crippen molar-refractivity contribution in [2.24, 2.45) is 0 Å². The maximum Gasteiger partial charge on any atom is 0.123 e. The van der Waals surface area contributed by atoms with Crippen molar-refractivity contribution in [2.45, 2.75) is 38.1 Å². The molecule has 0 spiro atoms. The number of para-hydroxylation sites is 1. The summed E-state index contributed by atoms with van der Waals surface area (Å²) in [5.74, 6) is 0.362. The van der Waals surface area contributed by atoms with Crippen LogP contribution in [0.4, 0.5) is 0 Å². The van der Waals surface area contributed by atoms with Gasteiger partial charge in [0.25, 0.3) is 0 Å². The van der Waals surface area contributed by atoms with E-state index in [9.17, 15) is 5.11 Å². The Balaban J connectivity index is 0.00000176. The summed E-state index contributed by atoms with van der Waals surface area (Å²) in [5.41, 5.74) is 3.42. The van der Waals surface area contributed by atoms with Crippen molar-refractivity contribution >= 4 is 12.4 Å². The highest BCUT2D eigenvalue weighted by atomic mass is 35.5. The van der Waals surface area contributed by atoms with Crippen molar-refractivity contribution < 1.29 is 5.11 Å². The molecule has 2 nitrogen and oxygen atoms in total. The molecule has 1 atom stereocenters. The van der Waals surface area contributed by atoms with E-state index in [1.807, 2.05) is 24.3 Å². The maximum absolute atomic E-state index is 10.1. The molecule has 0 saturated carbocycles. The van der Waals surface area contributed by atoms with Gasteiger partial charge in [-0.05, 0) is 49.4 Å². The van der Waals surface area contributed by atoms with E-state index in [-0.39, 0.29) is 12.4 Å². The Kier molecular flexibility index (Phi) is 6.29. The van der Waals surface area contributed by atoms with Gasteiger partial charge in [0.2, 0.25) is 0 Å². The molecule has 1 aliphatic heterocycles. The predicted octanol–water partition coefficient (Wildman–Crippen LogP) is 4.56. The smallest absolute Gasteiger partial charge is 0.123 e. The van der Waals surface area contributed by atoms with Crippen LogP contribution in [0.15, 0.2) is 48.5 Å². The monoisotopic (exact) mass is 317 g/mol. The number of rotatable bonds is 4. The first-order valence-electron chi connectivity index (χ1n) is 7.94. The first kappa shape index (κ1) is 16.9. The van der Waals surface area contributed by atoms with E-state index in [1.165, 1.54) is 31.2 Å². The number of aryl methyl sites for hydroxylation is 1. The first-order chi connectivity index (χ1) is 10.3. The van der Waals surface area contributed by atoms with Crippen molar-refractivity contribution in [1.82, 2.24) is 5.32 Å². The number of nitrogens with one attached hydrogen (secondary N) is 1. The Morgan fingerprint density at radius 1 is 0.955 bits per heavy atom. The molecule has 3 heteroatoms. The third kappa shape index (κ3) is 4.02. The summed E-state index contributed by atoms with van der Waals surface area (Å²) >= 11 is 0. The highest BCUT2D eigenvalue weighted by Gasteiger charge is 2.14. The van der Waals surface area contributed by atoms with Gasteiger partial charge in [0, 0.05) is 11.6 Å². The van der Waals surface area contributed by atoms with Crippen molar-refractivity contribution in [2.75, 3.05) is 6.54 Å². The first-order valence-corrected chi connectivity index (χ1v) is 7.94. The highest BCUT2D eigenvalue weighted by molar-refractivity contribution is 5.85. The number of benzene rings is 2.